The third kappa shape index (κ3) is 6.53. The van der Waals surface area contributed by atoms with E-state index in [0.717, 1.165) is 36.1 Å². The van der Waals surface area contributed by atoms with Crippen LogP contribution in [0, 0.1) is 5.92 Å². The molecule has 1 heterocycles. The van der Waals surface area contributed by atoms with Gasteiger partial charge in [-0.25, -0.2) is 5.01 Å². The van der Waals surface area contributed by atoms with Gasteiger partial charge in [-0.1, -0.05) is 45.0 Å². The predicted octanol–water partition coefficient (Wildman–Crippen LogP) is 6.18. The number of nitrogens with two attached hydrogens (primary N) is 1. The fourth-order valence-corrected chi connectivity index (χ4v) is 4.36. The average molecular weight is 473 g/mol. The Bertz CT molecular complexity index is 900. The number of nitrogens with zero attached hydrogens (tertiary/aromatic N) is 1. The van der Waals surface area contributed by atoms with Gasteiger partial charge < -0.3 is 9.47 Å². The lowest BCUT2D eigenvalue weighted by Gasteiger charge is -2.39. The zero-order valence-electron chi connectivity index (χ0n) is 18.9. The highest BCUT2D eigenvalue weighted by Gasteiger charge is 2.34. The molecule has 2 aromatic carbocycles. The van der Waals surface area contributed by atoms with Crippen LogP contribution in [0.3, 0.4) is 0 Å². The predicted molar refractivity (Wildman–Crippen MR) is 122 cm³/mol. The second kappa shape index (κ2) is 10.3. The Morgan fingerprint density at radius 2 is 1.81 bits per heavy atom. The molecule has 0 spiro atoms. The summed E-state index contributed by atoms with van der Waals surface area (Å²) in [6.45, 7) is 7.17. The molecule has 32 heavy (non-hydrogen) atoms. The van der Waals surface area contributed by atoms with E-state index in [-0.39, 0.29) is 35.5 Å². The van der Waals surface area contributed by atoms with E-state index in [1.807, 2.05) is 12.1 Å². The van der Waals surface area contributed by atoms with Gasteiger partial charge in [0.2, 0.25) is 0 Å². The van der Waals surface area contributed by atoms with E-state index in [0.29, 0.717) is 6.54 Å². The van der Waals surface area contributed by atoms with Crippen molar-refractivity contribution in [1.29, 1.82) is 0 Å². The van der Waals surface area contributed by atoms with Crippen LogP contribution in [-0.2, 0) is 11.8 Å². The van der Waals surface area contributed by atoms with Crippen molar-refractivity contribution in [3.8, 4) is 11.5 Å². The summed E-state index contributed by atoms with van der Waals surface area (Å²) in [5.41, 5.74) is 3.01. The van der Waals surface area contributed by atoms with Gasteiger partial charge >= 0.3 is 6.36 Å². The third-order valence-electron chi connectivity index (χ3n) is 5.86. The maximum Gasteiger partial charge on any atom is 0.573 e. The van der Waals surface area contributed by atoms with Crippen molar-refractivity contribution in [3.63, 3.8) is 0 Å². The van der Waals surface area contributed by atoms with Crippen molar-refractivity contribution >= 4 is 12.4 Å². The number of hydrogen-bond acceptors (Lipinski definition) is 4. The Kier molecular flexibility index (Phi) is 8.48. The number of hydrogen-bond donors (Lipinski definition) is 1. The first-order valence-corrected chi connectivity index (χ1v) is 10.5. The van der Waals surface area contributed by atoms with Gasteiger partial charge in [-0.3, -0.25) is 5.84 Å². The van der Waals surface area contributed by atoms with Crippen LogP contribution in [0.1, 0.15) is 56.3 Å². The molecule has 2 N–H and O–H groups in total. The van der Waals surface area contributed by atoms with Crippen LogP contribution < -0.4 is 15.3 Å². The summed E-state index contributed by atoms with van der Waals surface area (Å²) >= 11 is 0. The van der Waals surface area contributed by atoms with Crippen molar-refractivity contribution in [3.05, 3.63) is 59.2 Å². The number of benzene rings is 2. The van der Waals surface area contributed by atoms with Crippen LogP contribution in [0.25, 0.3) is 0 Å². The Labute approximate surface area is 194 Å². The summed E-state index contributed by atoms with van der Waals surface area (Å²) in [7, 11) is 1.65. The minimum absolute atomic E-state index is 0. The minimum atomic E-state index is -4.73. The summed E-state index contributed by atoms with van der Waals surface area (Å²) in [5.74, 6) is 7.06. The maximum atomic E-state index is 12.7. The van der Waals surface area contributed by atoms with Gasteiger partial charge in [0.15, 0.2) is 0 Å². The number of methoxy groups -OCH3 is 1. The molecule has 0 radical (unpaired) electrons. The molecule has 3 rings (SSSR count). The van der Waals surface area contributed by atoms with Crippen molar-refractivity contribution < 1.29 is 22.6 Å². The molecule has 178 valence electrons. The molecule has 1 saturated heterocycles. The van der Waals surface area contributed by atoms with E-state index in [1.165, 1.54) is 17.7 Å². The van der Waals surface area contributed by atoms with Gasteiger partial charge in [-0.2, -0.15) is 0 Å². The first-order valence-electron chi connectivity index (χ1n) is 10.5. The molecule has 1 aliphatic heterocycles. The summed E-state index contributed by atoms with van der Waals surface area (Å²) in [4.78, 5) is 0. The van der Waals surface area contributed by atoms with E-state index in [4.69, 9.17) is 10.6 Å². The second-order valence-corrected chi connectivity index (χ2v) is 9.19. The molecule has 0 aromatic heterocycles. The Morgan fingerprint density at radius 1 is 1.09 bits per heavy atom. The monoisotopic (exact) mass is 472 g/mol. The minimum Gasteiger partial charge on any atom is -0.496 e. The lowest BCUT2D eigenvalue weighted by molar-refractivity contribution is -0.274. The summed E-state index contributed by atoms with van der Waals surface area (Å²) in [6, 6.07) is 12.2. The van der Waals surface area contributed by atoms with Crippen LogP contribution in [0.2, 0.25) is 0 Å². The Hall–Kier alpha value is -1.96. The van der Waals surface area contributed by atoms with Crippen molar-refractivity contribution in [2.75, 3.05) is 13.7 Å². The molecule has 1 aliphatic rings. The molecule has 0 aliphatic carbocycles. The molecular weight excluding hydrogens is 441 g/mol. The highest BCUT2D eigenvalue weighted by molar-refractivity contribution is 5.85. The molecule has 0 amide bonds. The molecule has 0 unspecified atom stereocenters. The van der Waals surface area contributed by atoms with Crippen molar-refractivity contribution in [1.82, 2.24) is 5.01 Å². The van der Waals surface area contributed by atoms with Gasteiger partial charge in [-0.05, 0) is 65.5 Å². The standard InChI is InChI=1S/C24H31F3N2O2.ClH/c1-23(2,3)19-10-11-21(30-4)18(14-19)13-16-8-6-12-29(28)22(16)17-7-5-9-20(15-17)31-24(25,26)27;/h5,7,9-11,14-16,22H,6,8,12-13,28H2,1-4H3;1H/t16-,22-;/m1./s1. The van der Waals surface area contributed by atoms with E-state index < -0.39 is 6.36 Å². The third-order valence-corrected chi connectivity index (χ3v) is 5.86. The first kappa shape index (κ1) is 26.3. The van der Waals surface area contributed by atoms with Gasteiger partial charge in [0.05, 0.1) is 13.2 Å². The fourth-order valence-electron chi connectivity index (χ4n) is 4.36. The molecule has 4 nitrogen and oxygen atoms in total. The van der Waals surface area contributed by atoms with Crippen LogP contribution in [-0.4, -0.2) is 25.0 Å². The molecular formula is C24H32ClF3N2O2. The molecule has 8 heteroatoms. The molecule has 2 aromatic rings. The number of ether oxygens (including phenoxy) is 2. The normalized spacial score (nSPS) is 19.9. The lowest BCUT2D eigenvalue weighted by atomic mass is 9.79. The molecule has 1 fully saturated rings. The van der Waals surface area contributed by atoms with E-state index >= 15 is 0 Å². The number of alkyl halides is 3. The van der Waals surface area contributed by atoms with E-state index in [9.17, 15) is 13.2 Å². The Balaban J connectivity index is 0.00000363. The number of halogens is 4. The average Bonchev–Trinajstić information content (AvgIpc) is 2.66. The van der Waals surface area contributed by atoms with Crippen LogP contribution in [0.15, 0.2) is 42.5 Å². The van der Waals surface area contributed by atoms with Crippen molar-refractivity contribution in [2.45, 2.75) is 57.9 Å². The zero-order chi connectivity index (χ0) is 22.8. The first-order chi connectivity index (χ1) is 14.5. The van der Waals surface area contributed by atoms with Crippen molar-refractivity contribution in [2.24, 2.45) is 11.8 Å². The van der Waals surface area contributed by atoms with Gasteiger partial charge in [0, 0.05) is 6.54 Å². The summed E-state index contributed by atoms with van der Waals surface area (Å²) in [5, 5.41) is 1.74. The van der Waals surface area contributed by atoms with Crippen LogP contribution in [0.5, 0.6) is 11.5 Å². The van der Waals surface area contributed by atoms with E-state index in [2.05, 4.69) is 37.6 Å². The van der Waals surface area contributed by atoms with Gasteiger partial charge in [0.1, 0.15) is 11.5 Å². The SMILES string of the molecule is COc1ccc(C(C)(C)C)cc1C[C@H]1CCCN(N)[C@H]1c1cccc(OC(F)(F)F)c1.Cl. The maximum absolute atomic E-state index is 12.7. The van der Waals surface area contributed by atoms with Crippen LogP contribution >= 0.6 is 12.4 Å². The van der Waals surface area contributed by atoms with Gasteiger partial charge in [-0.15, -0.1) is 25.6 Å². The fraction of sp³-hybridized carbons (Fsp3) is 0.500. The zero-order valence-corrected chi connectivity index (χ0v) is 19.7. The van der Waals surface area contributed by atoms with E-state index in [1.54, 1.807) is 18.2 Å². The largest absolute Gasteiger partial charge is 0.573 e. The highest BCUT2D eigenvalue weighted by Crippen LogP contribution is 2.40. The number of hydrazine groups is 1. The Morgan fingerprint density at radius 3 is 2.44 bits per heavy atom. The smallest absolute Gasteiger partial charge is 0.496 e. The quantitative estimate of drug-likeness (QED) is 0.527. The summed E-state index contributed by atoms with van der Waals surface area (Å²) < 4.78 is 47.8. The topological polar surface area (TPSA) is 47.7 Å². The second-order valence-electron chi connectivity index (χ2n) is 9.19. The molecule has 0 saturated carbocycles. The summed E-state index contributed by atoms with van der Waals surface area (Å²) in [6.07, 6.45) is -2.16. The number of piperidine rings is 1. The highest BCUT2D eigenvalue weighted by atomic mass is 35.5. The number of rotatable bonds is 5. The van der Waals surface area contributed by atoms with Gasteiger partial charge in [0.25, 0.3) is 0 Å². The molecule has 0 bridgehead atoms. The lowest BCUT2D eigenvalue weighted by Crippen LogP contribution is -2.44. The molecule has 2 atom stereocenters. The van der Waals surface area contributed by atoms with Crippen LogP contribution in [0.4, 0.5) is 13.2 Å².